The Bertz CT molecular complexity index is 472. The highest BCUT2D eigenvalue weighted by atomic mass is 19.1. The number of ketones is 1. The molecular weight excluding hydrogens is 243 g/mol. The third kappa shape index (κ3) is 3.35. The maximum atomic E-state index is 13.5. The Morgan fingerprint density at radius 1 is 1.33 bits per heavy atom. The molecule has 0 aliphatic heterocycles. The number of halogens is 1. The molecular formula is C12H13FO5. The molecule has 0 spiro atoms. The molecule has 2 atom stereocenters. The summed E-state index contributed by atoms with van der Waals surface area (Å²) >= 11 is 0. The van der Waals surface area contributed by atoms with Crippen molar-refractivity contribution in [2.45, 2.75) is 25.6 Å². The van der Waals surface area contributed by atoms with Crippen molar-refractivity contribution in [2.24, 2.45) is 0 Å². The summed E-state index contributed by atoms with van der Waals surface area (Å²) < 4.78 is 13.5. The summed E-state index contributed by atoms with van der Waals surface area (Å²) in [7, 11) is 0. The molecule has 18 heavy (non-hydrogen) atoms. The molecule has 1 aromatic rings. The zero-order valence-electron chi connectivity index (χ0n) is 9.63. The van der Waals surface area contributed by atoms with E-state index in [0.717, 1.165) is 12.1 Å². The van der Waals surface area contributed by atoms with E-state index in [1.54, 1.807) is 0 Å². The van der Waals surface area contributed by atoms with Crippen LogP contribution in [0.3, 0.4) is 0 Å². The molecule has 0 saturated heterocycles. The van der Waals surface area contributed by atoms with Crippen LogP contribution in [-0.4, -0.2) is 33.2 Å². The predicted molar refractivity (Wildman–Crippen MR) is 59.6 cm³/mol. The Labute approximate surface area is 102 Å². The molecule has 0 fully saturated rings. The van der Waals surface area contributed by atoms with E-state index in [4.69, 9.17) is 5.11 Å². The lowest BCUT2D eigenvalue weighted by molar-refractivity contribution is -0.141. The van der Waals surface area contributed by atoms with Crippen molar-refractivity contribution in [1.29, 1.82) is 0 Å². The molecule has 0 aromatic heterocycles. The average molecular weight is 256 g/mol. The van der Waals surface area contributed by atoms with Crippen molar-refractivity contribution in [1.82, 2.24) is 0 Å². The highest BCUT2D eigenvalue weighted by molar-refractivity contribution is 5.94. The number of aliphatic hydroxyl groups is 2. The molecule has 5 nitrogen and oxygen atoms in total. The Kier molecular flexibility index (Phi) is 4.52. The summed E-state index contributed by atoms with van der Waals surface area (Å²) in [5.74, 6) is -2.45. The van der Waals surface area contributed by atoms with Crippen LogP contribution < -0.4 is 0 Å². The van der Waals surface area contributed by atoms with Gasteiger partial charge in [-0.15, -0.1) is 0 Å². The molecule has 0 aliphatic rings. The number of hydrogen-bond acceptors (Lipinski definition) is 4. The van der Waals surface area contributed by atoms with E-state index in [1.165, 1.54) is 13.0 Å². The first-order chi connectivity index (χ1) is 8.32. The molecule has 0 radical (unpaired) electrons. The van der Waals surface area contributed by atoms with Gasteiger partial charge in [0.25, 0.3) is 0 Å². The van der Waals surface area contributed by atoms with Crippen LogP contribution in [0.2, 0.25) is 0 Å². The first-order valence-electron chi connectivity index (χ1n) is 5.21. The summed E-state index contributed by atoms with van der Waals surface area (Å²) in [6, 6.07) is 3.34. The maximum Gasteiger partial charge on any atom is 0.306 e. The number of carbonyl (C=O) groups is 2. The molecule has 1 aromatic carbocycles. The van der Waals surface area contributed by atoms with Crippen LogP contribution in [0.1, 0.15) is 35.4 Å². The third-order valence-corrected chi connectivity index (χ3v) is 2.47. The number of hydrogen-bond donors (Lipinski definition) is 3. The van der Waals surface area contributed by atoms with E-state index in [-0.39, 0.29) is 16.9 Å². The minimum Gasteiger partial charge on any atom is -0.481 e. The first kappa shape index (κ1) is 14.3. The maximum absolute atomic E-state index is 13.5. The van der Waals surface area contributed by atoms with Crippen molar-refractivity contribution >= 4 is 11.8 Å². The standard InChI is InChI=1S/C12H13FO5/c1-6(14)7-2-3-9(13)8(4-7)12(18)10(15)5-11(16)17/h2-4,10,12,15,18H,5H2,1H3,(H,16,17). The normalized spacial score (nSPS) is 14.0. The fourth-order valence-corrected chi connectivity index (χ4v) is 1.49. The van der Waals surface area contributed by atoms with Gasteiger partial charge in [0.2, 0.25) is 0 Å². The Morgan fingerprint density at radius 2 is 1.94 bits per heavy atom. The number of aliphatic hydroxyl groups excluding tert-OH is 2. The number of carboxylic acids is 1. The first-order valence-corrected chi connectivity index (χ1v) is 5.21. The molecule has 0 saturated carbocycles. The van der Waals surface area contributed by atoms with E-state index in [1.807, 2.05) is 0 Å². The van der Waals surface area contributed by atoms with Crippen LogP contribution in [0.4, 0.5) is 4.39 Å². The van der Waals surface area contributed by atoms with Crippen LogP contribution in [-0.2, 0) is 4.79 Å². The smallest absolute Gasteiger partial charge is 0.306 e. The van der Waals surface area contributed by atoms with Crippen molar-refractivity contribution in [3.63, 3.8) is 0 Å². The second kappa shape index (κ2) is 5.70. The van der Waals surface area contributed by atoms with E-state index < -0.39 is 30.4 Å². The molecule has 1 rings (SSSR count). The topological polar surface area (TPSA) is 94.8 Å². The van der Waals surface area contributed by atoms with E-state index in [9.17, 15) is 24.2 Å². The molecule has 98 valence electrons. The molecule has 0 bridgehead atoms. The minimum absolute atomic E-state index is 0.174. The third-order valence-electron chi connectivity index (χ3n) is 2.47. The van der Waals surface area contributed by atoms with Crippen LogP contribution in [0, 0.1) is 5.82 Å². The van der Waals surface area contributed by atoms with Gasteiger partial charge < -0.3 is 15.3 Å². The monoisotopic (exact) mass is 256 g/mol. The Hall–Kier alpha value is -1.79. The summed E-state index contributed by atoms with van der Waals surface area (Å²) in [5.41, 5.74) is -0.121. The number of carbonyl (C=O) groups excluding carboxylic acids is 1. The van der Waals surface area contributed by atoms with Gasteiger partial charge in [0, 0.05) is 11.1 Å². The largest absolute Gasteiger partial charge is 0.481 e. The summed E-state index contributed by atoms with van der Waals surface area (Å²) in [5, 5.41) is 27.5. The van der Waals surface area contributed by atoms with Gasteiger partial charge in [-0.2, -0.15) is 0 Å². The molecule has 6 heteroatoms. The fourth-order valence-electron chi connectivity index (χ4n) is 1.49. The second-order valence-corrected chi connectivity index (χ2v) is 3.90. The van der Waals surface area contributed by atoms with Gasteiger partial charge >= 0.3 is 5.97 Å². The summed E-state index contributed by atoms with van der Waals surface area (Å²) in [4.78, 5) is 21.5. The van der Waals surface area contributed by atoms with Gasteiger partial charge in [-0.25, -0.2) is 4.39 Å². The van der Waals surface area contributed by atoms with Gasteiger partial charge in [0.15, 0.2) is 5.78 Å². The number of carboxylic acid groups (broad SMARTS) is 1. The Morgan fingerprint density at radius 3 is 2.44 bits per heavy atom. The van der Waals surface area contributed by atoms with Gasteiger partial charge in [-0.1, -0.05) is 0 Å². The number of rotatable bonds is 5. The zero-order chi connectivity index (χ0) is 13.9. The number of aliphatic carboxylic acids is 1. The van der Waals surface area contributed by atoms with Crippen molar-refractivity contribution in [3.05, 3.63) is 35.1 Å². The lowest BCUT2D eigenvalue weighted by Gasteiger charge is -2.17. The summed E-state index contributed by atoms with van der Waals surface area (Å²) in [6.07, 6.45) is -4.05. The van der Waals surface area contributed by atoms with Gasteiger partial charge in [0.05, 0.1) is 12.5 Å². The molecule has 0 heterocycles. The van der Waals surface area contributed by atoms with Crippen LogP contribution in [0.15, 0.2) is 18.2 Å². The summed E-state index contributed by atoms with van der Waals surface area (Å²) in [6.45, 7) is 1.27. The Balaban J connectivity index is 3.03. The highest BCUT2D eigenvalue weighted by Gasteiger charge is 2.24. The molecule has 0 amide bonds. The molecule has 2 unspecified atom stereocenters. The van der Waals surface area contributed by atoms with Crippen LogP contribution in [0.25, 0.3) is 0 Å². The van der Waals surface area contributed by atoms with Crippen molar-refractivity contribution < 1.29 is 29.3 Å². The average Bonchev–Trinajstić information content (AvgIpc) is 2.27. The molecule has 0 aliphatic carbocycles. The van der Waals surface area contributed by atoms with Crippen LogP contribution in [0.5, 0.6) is 0 Å². The van der Waals surface area contributed by atoms with Gasteiger partial charge in [-0.3, -0.25) is 9.59 Å². The fraction of sp³-hybridized carbons (Fsp3) is 0.333. The van der Waals surface area contributed by atoms with Crippen molar-refractivity contribution in [3.8, 4) is 0 Å². The van der Waals surface area contributed by atoms with Crippen molar-refractivity contribution in [2.75, 3.05) is 0 Å². The predicted octanol–water partition coefficient (Wildman–Crippen LogP) is 0.897. The number of Topliss-reactive ketones (excluding diaryl/α,β-unsaturated/α-hetero) is 1. The van der Waals surface area contributed by atoms with Gasteiger partial charge in [-0.05, 0) is 25.1 Å². The highest BCUT2D eigenvalue weighted by Crippen LogP contribution is 2.23. The van der Waals surface area contributed by atoms with Gasteiger partial charge in [0.1, 0.15) is 11.9 Å². The molecule has 3 N–H and O–H groups in total. The lowest BCUT2D eigenvalue weighted by atomic mass is 9.98. The zero-order valence-corrected chi connectivity index (χ0v) is 9.63. The van der Waals surface area contributed by atoms with E-state index in [0.29, 0.717) is 0 Å². The minimum atomic E-state index is -1.69. The SMILES string of the molecule is CC(=O)c1ccc(F)c(C(O)C(O)CC(=O)O)c1. The van der Waals surface area contributed by atoms with Crippen LogP contribution >= 0.6 is 0 Å². The lowest BCUT2D eigenvalue weighted by Crippen LogP contribution is -2.22. The quantitative estimate of drug-likeness (QED) is 0.680. The van der Waals surface area contributed by atoms with E-state index in [2.05, 4.69) is 0 Å². The second-order valence-electron chi connectivity index (χ2n) is 3.90. The number of benzene rings is 1. The van der Waals surface area contributed by atoms with E-state index >= 15 is 0 Å².